The van der Waals surface area contributed by atoms with Crippen LogP contribution in [0.25, 0.3) is 0 Å². The average molecular weight is 140 g/mol. The maximum absolute atomic E-state index is 12.4. The molecule has 0 saturated carbocycles. The molecule has 2 nitrogen and oxygen atoms in total. The molecule has 1 aromatic rings. The highest BCUT2D eigenvalue weighted by Crippen LogP contribution is 2.07. The lowest BCUT2D eigenvalue weighted by Crippen LogP contribution is -2.05. The first-order valence-electron chi connectivity index (χ1n) is 3.07. The second-order valence-electron chi connectivity index (χ2n) is 2.20. The molecule has 0 radical (unpaired) electrons. The van der Waals surface area contributed by atoms with Gasteiger partial charge in [-0.2, -0.15) is 4.39 Å². The van der Waals surface area contributed by atoms with E-state index >= 15 is 0 Å². The van der Waals surface area contributed by atoms with Gasteiger partial charge in [-0.15, -0.1) is 0 Å². The van der Waals surface area contributed by atoms with Gasteiger partial charge in [0.1, 0.15) is 0 Å². The highest BCUT2D eigenvalue weighted by Gasteiger charge is 1.99. The number of pyridine rings is 1. The van der Waals surface area contributed by atoms with Crippen LogP contribution in [-0.4, -0.2) is 4.98 Å². The Bertz CT molecular complexity index is 223. The summed E-state index contributed by atoms with van der Waals surface area (Å²) in [5.41, 5.74) is 6.26. The van der Waals surface area contributed by atoms with Gasteiger partial charge in [-0.1, -0.05) is 0 Å². The van der Waals surface area contributed by atoms with Crippen molar-refractivity contribution in [3.05, 3.63) is 29.8 Å². The average Bonchev–Trinajstić information content (AvgIpc) is 1.88. The van der Waals surface area contributed by atoms with Crippen molar-refractivity contribution in [3.63, 3.8) is 0 Å². The van der Waals surface area contributed by atoms with Crippen molar-refractivity contribution in [2.24, 2.45) is 5.73 Å². The van der Waals surface area contributed by atoms with Crippen LogP contribution in [0.2, 0.25) is 0 Å². The topological polar surface area (TPSA) is 38.9 Å². The highest BCUT2D eigenvalue weighted by molar-refractivity contribution is 5.13. The third kappa shape index (κ3) is 1.51. The zero-order valence-corrected chi connectivity index (χ0v) is 5.71. The molecule has 0 aromatic carbocycles. The monoisotopic (exact) mass is 140 g/mol. The summed E-state index contributed by atoms with van der Waals surface area (Å²) in [6, 6.07) is 2.91. The quantitative estimate of drug-likeness (QED) is 0.596. The van der Waals surface area contributed by atoms with Crippen molar-refractivity contribution in [1.29, 1.82) is 0 Å². The molecule has 54 valence electrons. The van der Waals surface area contributed by atoms with Crippen LogP contribution in [0, 0.1) is 5.95 Å². The first kappa shape index (κ1) is 7.15. The van der Waals surface area contributed by atoms with Crippen LogP contribution in [0.15, 0.2) is 18.3 Å². The predicted octanol–water partition coefficient (Wildman–Crippen LogP) is 1.24. The molecule has 0 aliphatic rings. The second-order valence-corrected chi connectivity index (χ2v) is 2.20. The van der Waals surface area contributed by atoms with E-state index in [2.05, 4.69) is 4.98 Å². The second kappa shape index (κ2) is 2.75. The fourth-order valence-electron chi connectivity index (χ4n) is 0.701. The van der Waals surface area contributed by atoms with Crippen LogP contribution in [0.1, 0.15) is 18.5 Å². The molecule has 1 heterocycles. The lowest BCUT2D eigenvalue weighted by molar-refractivity contribution is 0.578. The van der Waals surface area contributed by atoms with E-state index in [4.69, 9.17) is 5.73 Å². The molecule has 0 spiro atoms. The normalized spacial score (nSPS) is 13.1. The number of nitrogens with zero attached hydrogens (tertiary/aromatic N) is 1. The van der Waals surface area contributed by atoms with Gasteiger partial charge in [-0.05, 0) is 24.6 Å². The number of hydrogen-bond acceptors (Lipinski definition) is 2. The van der Waals surface area contributed by atoms with E-state index in [0.29, 0.717) is 0 Å². The minimum absolute atomic E-state index is 0.127. The van der Waals surface area contributed by atoms with Crippen LogP contribution in [0.4, 0.5) is 4.39 Å². The van der Waals surface area contributed by atoms with E-state index in [-0.39, 0.29) is 6.04 Å². The molecule has 0 aliphatic heterocycles. The Labute approximate surface area is 58.9 Å². The molecular formula is C7H9FN2. The molecular weight excluding hydrogens is 131 g/mol. The molecule has 0 fully saturated rings. The number of halogens is 1. The maximum atomic E-state index is 12.4. The van der Waals surface area contributed by atoms with Gasteiger partial charge < -0.3 is 5.73 Å². The van der Waals surface area contributed by atoms with Gasteiger partial charge in [-0.3, -0.25) is 0 Å². The summed E-state index contributed by atoms with van der Waals surface area (Å²) in [6.07, 6.45) is 1.41. The van der Waals surface area contributed by atoms with Crippen molar-refractivity contribution in [2.45, 2.75) is 13.0 Å². The zero-order chi connectivity index (χ0) is 7.56. The van der Waals surface area contributed by atoms with Gasteiger partial charge in [-0.25, -0.2) is 4.98 Å². The molecule has 3 heteroatoms. The van der Waals surface area contributed by atoms with Crippen molar-refractivity contribution in [2.75, 3.05) is 0 Å². The van der Waals surface area contributed by atoms with Gasteiger partial charge in [0.2, 0.25) is 5.95 Å². The molecule has 1 rings (SSSR count). The molecule has 1 unspecified atom stereocenters. The van der Waals surface area contributed by atoms with Crippen LogP contribution >= 0.6 is 0 Å². The van der Waals surface area contributed by atoms with Crippen molar-refractivity contribution in [3.8, 4) is 0 Å². The van der Waals surface area contributed by atoms with Gasteiger partial charge in [0, 0.05) is 12.2 Å². The SMILES string of the molecule is CC(N)c1ccnc(F)c1. The van der Waals surface area contributed by atoms with E-state index in [1.165, 1.54) is 12.3 Å². The fourth-order valence-corrected chi connectivity index (χ4v) is 0.701. The van der Waals surface area contributed by atoms with Gasteiger partial charge in [0.15, 0.2) is 0 Å². The van der Waals surface area contributed by atoms with E-state index in [9.17, 15) is 4.39 Å². The number of aromatic nitrogens is 1. The number of nitrogens with two attached hydrogens (primary N) is 1. The van der Waals surface area contributed by atoms with Crippen molar-refractivity contribution < 1.29 is 4.39 Å². The maximum Gasteiger partial charge on any atom is 0.213 e. The summed E-state index contributed by atoms with van der Waals surface area (Å²) in [7, 11) is 0. The summed E-state index contributed by atoms with van der Waals surface area (Å²) in [4.78, 5) is 3.40. The summed E-state index contributed by atoms with van der Waals surface area (Å²) in [5, 5.41) is 0. The summed E-state index contributed by atoms with van der Waals surface area (Å²) < 4.78 is 12.4. The Balaban J connectivity index is 2.96. The van der Waals surface area contributed by atoms with Gasteiger partial charge in [0.25, 0.3) is 0 Å². The lowest BCUT2D eigenvalue weighted by atomic mass is 10.1. The minimum Gasteiger partial charge on any atom is -0.324 e. The Hall–Kier alpha value is -0.960. The third-order valence-electron chi connectivity index (χ3n) is 1.28. The Morgan fingerprint density at radius 3 is 2.80 bits per heavy atom. The zero-order valence-electron chi connectivity index (χ0n) is 5.71. The highest BCUT2D eigenvalue weighted by atomic mass is 19.1. The van der Waals surface area contributed by atoms with Crippen LogP contribution < -0.4 is 5.73 Å². The number of rotatable bonds is 1. The summed E-state index contributed by atoms with van der Waals surface area (Å²) in [5.74, 6) is -0.477. The smallest absolute Gasteiger partial charge is 0.213 e. The summed E-state index contributed by atoms with van der Waals surface area (Å²) >= 11 is 0. The Kier molecular flexibility index (Phi) is 1.97. The third-order valence-corrected chi connectivity index (χ3v) is 1.28. The molecule has 1 atom stereocenters. The number of hydrogen-bond donors (Lipinski definition) is 1. The van der Waals surface area contributed by atoms with Crippen LogP contribution in [-0.2, 0) is 0 Å². The molecule has 0 bridgehead atoms. The molecule has 10 heavy (non-hydrogen) atoms. The molecule has 0 saturated heterocycles. The van der Waals surface area contributed by atoms with E-state index in [1.807, 2.05) is 0 Å². The molecule has 0 aliphatic carbocycles. The minimum atomic E-state index is -0.477. The van der Waals surface area contributed by atoms with E-state index in [1.54, 1.807) is 13.0 Å². The van der Waals surface area contributed by atoms with Crippen LogP contribution in [0.5, 0.6) is 0 Å². The van der Waals surface area contributed by atoms with E-state index < -0.39 is 5.95 Å². The molecule has 0 amide bonds. The first-order chi connectivity index (χ1) is 4.70. The Morgan fingerprint density at radius 2 is 2.40 bits per heavy atom. The largest absolute Gasteiger partial charge is 0.324 e. The Morgan fingerprint density at radius 1 is 1.70 bits per heavy atom. The predicted molar refractivity (Wildman–Crippen MR) is 36.8 cm³/mol. The van der Waals surface area contributed by atoms with Crippen LogP contribution in [0.3, 0.4) is 0 Å². The fraction of sp³-hybridized carbons (Fsp3) is 0.286. The van der Waals surface area contributed by atoms with Crippen molar-refractivity contribution in [1.82, 2.24) is 4.98 Å². The van der Waals surface area contributed by atoms with Crippen molar-refractivity contribution >= 4 is 0 Å². The molecule has 2 N–H and O–H groups in total. The first-order valence-corrected chi connectivity index (χ1v) is 3.07. The standard InChI is InChI=1S/C7H9FN2/c1-5(9)6-2-3-10-7(8)4-6/h2-5H,9H2,1H3. The van der Waals surface area contributed by atoms with Gasteiger partial charge >= 0.3 is 0 Å². The summed E-state index contributed by atoms with van der Waals surface area (Å²) in [6.45, 7) is 1.80. The molecule has 1 aromatic heterocycles. The van der Waals surface area contributed by atoms with Gasteiger partial charge in [0.05, 0.1) is 0 Å². The lowest BCUT2D eigenvalue weighted by Gasteiger charge is -2.02. The van der Waals surface area contributed by atoms with E-state index in [0.717, 1.165) is 5.56 Å².